The van der Waals surface area contributed by atoms with Crippen LogP contribution in [0.2, 0.25) is 0 Å². The van der Waals surface area contributed by atoms with Crippen molar-refractivity contribution in [2.24, 2.45) is 0 Å². The van der Waals surface area contributed by atoms with Crippen LogP contribution in [-0.4, -0.2) is 22.3 Å². The molecule has 0 amide bonds. The first kappa shape index (κ1) is 12.8. The topological polar surface area (TPSA) is 51.0 Å². The Morgan fingerprint density at radius 3 is 2.50 bits per heavy atom. The van der Waals surface area contributed by atoms with Crippen LogP contribution in [0.25, 0.3) is 11.5 Å². The number of nitrogens with zero attached hydrogens (tertiary/aromatic N) is 2. The van der Waals surface area contributed by atoms with Crippen molar-refractivity contribution in [1.82, 2.24) is 15.5 Å². The quantitative estimate of drug-likeness (QED) is 0.899. The third-order valence-electron chi connectivity index (χ3n) is 2.48. The molecule has 0 saturated heterocycles. The zero-order chi connectivity index (χ0) is 13.0. The Kier molecular flexibility index (Phi) is 3.77. The largest absolute Gasteiger partial charge is 0.421 e. The van der Waals surface area contributed by atoms with Crippen LogP contribution in [0.1, 0.15) is 26.7 Å². The third kappa shape index (κ3) is 3.67. The van der Waals surface area contributed by atoms with Gasteiger partial charge in [-0.3, -0.25) is 0 Å². The molecule has 4 nitrogen and oxygen atoms in total. The Labute approximate surface area is 107 Å². The van der Waals surface area contributed by atoms with Gasteiger partial charge in [0.05, 0.1) is 0 Å². The monoisotopic (exact) mass is 245 g/mol. The maximum atomic E-state index is 5.62. The summed E-state index contributed by atoms with van der Waals surface area (Å²) < 4.78 is 5.62. The van der Waals surface area contributed by atoms with Crippen molar-refractivity contribution in [3.05, 3.63) is 36.2 Å². The van der Waals surface area contributed by atoms with E-state index in [1.807, 2.05) is 30.3 Å². The van der Waals surface area contributed by atoms with E-state index in [1.165, 1.54) is 0 Å². The van der Waals surface area contributed by atoms with Crippen molar-refractivity contribution in [3.63, 3.8) is 0 Å². The zero-order valence-electron chi connectivity index (χ0n) is 11.1. The number of nitrogens with one attached hydrogen (secondary N) is 1. The highest BCUT2D eigenvalue weighted by atomic mass is 16.4. The predicted molar refractivity (Wildman–Crippen MR) is 71.2 cm³/mol. The average Bonchev–Trinajstić information content (AvgIpc) is 2.77. The molecule has 18 heavy (non-hydrogen) atoms. The second-order valence-corrected chi connectivity index (χ2v) is 5.29. The summed E-state index contributed by atoms with van der Waals surface area (Å²) in [5.74, 6) is 1.26. The first-order valence-electron chi connectivity index (χ1n) is 6.17. The maximum Gasteiger partial charge on any atom is 0.247 e. The predicted octanol–water partition coefficient (Wildman–Crippen LogP) is 2.67. The minimum absolute atomic E-state index is 0.113. The maximum absolute atomic E-state index is 5.62. The molecule has 2 aromatic rings. The van der Waals surface area contributed by atoms with Gasteiger partial charge < -0.3 is 9.73 Å². The molecule has 1 N–H and O–H groups in total. The summed E-state index contributed by atoms with van der Waals surface area (Å²) in [5.41, 5.74) is 1.07. The van der Waals surface area contributed by atoms with Crippen LogP contribution in [0.4, 0.5) is 0 Å². The Morgan fingerprint density at radius 2 is 1.83 bits per heavy atom. The highest BCUT2D eigenvalue weighted by Gasteiger charge is 2.11. The second-order valence-electron chi connectivity index (χ2n) is 5.29. The van der Waals surface area contributed by atoms with E-state index in [2.05, 4.69) is 36.3 Å². The number of benzene rings is 1. The first-order valence-corrected chi connectivity index (χ1v) is 6.17. The number of aromatic nitrogens is 2. The van der Waals surface area contributed by atoms with Gasteiger partial charge in [0, 0.05) is 24.1 Å². The van der Waals surface area contributed by atoms with E-state index in [9.17, 15) is 0 Å². The first-order chi connectivity index (χ1) is 8.54. The van der Waals surface area contributed by atoms with Crippen molar-refractivity contribution in [2.45, 2.75) is 32.7 Å². The fraction of sp³-hybridized carbons (Fsp3) is 0.429. The molecule has 4 heteroatoms. The van der Waals surface area contributed by atoms with Crippen LogP contribution >= 0.6 is 0 Å². The van der Waals surface area contributed by atoms with E-state index in [0.29, 0.717) is 11.8 Å². The van der Waals surface area contributed by atoms with Gasteiger partial charge in [0.15, 0.2) is 0 Å². The van der Waals surface area contributed by atoms with Gasteiger partial charge in [-0.25, -0.2) is 0 Å². The average molecular weight is 245 g/mol. The Hall–Kier alpha value is -1.68. The summed E-state index contributed by atoms with van der Waals surface area (Å²) in [6.07, 6.45) is 0.747. The standard InChI is InChI=1S/C14H19N3O/c1-14(2,3)15-10-9-12-16-17-13(18-12)11-7-5-4-6-8-11/h4-8,15H,9-10H2,1-3H3. The molecule has 1 aromatic carbocycles. The van der Waals surface area contributed by atoms with Gasteiger partial charge >= 0.3 is 0 Å². The van der Waals surface area contributed by atoms with E-state index in [-0.39, 0.29) is 5.54 Å². The lowest BCUT2D eigenvalue weighted by atomic mass is 10.1. The summed E-state index contributed by atoms with van der Waals surface area (Å²) in [6, 6.07) is 9.81. The molecule has 1 heterocycles. The third-order valence-corrected chi connectivity index (χ3v) is 2.48. The van der Waals surface area contributed by atoms with Gasteiger partial charge in [-0.2, -0.15) is 0 Å². The van der Waals surface area contributed by atoms with E-state index in [0.717, 1.165) is 18.5 Å². The molecule has 0 aliphatic heterocycles. The molecule has 0 bridgehead atoms. The molecule has 0 radical (unpaired) electrons. The normalized spacial score (nSPS) is 11.7. The van der Waals surface area contributed by atoms with Crippen LogP contribution in [0, 0.1) is 0 Å². The van der Waals surface area contributed by atoms with Crippen molar-refractivity contribution < 1.29 is 4.42 Å². The lowest BCUT2D eigenvalue weighted by molar-refractivity contribution is 0.412. The summed E-state index contributed by atoms with van der Waals surface area (Å²) in [6.45, 7) is 7.24. The molecule has 0 fully saturated rings. The fourth-order valence-corrected chi connectivity index (χ4v) is 1.60. The van der Waals surface area contributed by atoms with E-state index in [1.54, 1.807) is 0 Å². The summed E-state index contributed by atoms with van der Waals surface area (Å²) in [4.78, 5) is 0. The van der Waals surface area contributed by atoms with Gasteiger partial charge in [-0.05, 0) is 32.9 Å². The van der Waals surface area contributed by atoms with Crippen molar-refractivity contribution in [2.75, 3.05) is 6.54 Å². The Morgan fingerprint density at radius 1 is 1.11 bits per heavy atom. The lowest BCUT2D eigenvalue weighted by Gasteiger charge is -2.19. The van der Waals surface area contributed by atoms with Crippen LogP contribution < -0.4 is 5.32 Å². The molecule has 96 valence electrons. The Balaban J connectivity index is 1.95. The molecule has 1 aromatic heterocycles. The van der Waals surface area contributed by atoms with Gasteiger partial charge in [0.25, 0.3) is 0 Å². The molecule has 0 aliphatic rings. The minimum Gasteiger partial charge on any atom is -0.421 e. The minimum atomic E-state index is 0.113. The molecular formula is C14H19N3O. The second kappa shape index (κ2) is 5.31. The molecule has 2 rings (SSSR count). The van der Waals surface area contributed by atoms with E-state index in [4.69, 9.17) is 4.42 Å². The van der Waals surface area contributed by atoms with Gasteiger partial charge in [0.1, 0.15) is 0 Å². The SMILES string of the molecule is CC(C)(C)NCCc1nnc(-c2ccccc2)o1. The summed E-state index contributed by atoms with van der Waals surface area (Å²) in [5, 5.41) is 11.5. The molecule has 0 saturated carbocycles. The number of rotatable bonds is 4. The fourth-order valence-electron chi connectivity index (χ4n) is 1.60. The molecular weight excluding hydrogens is 226 g/mol. The van der Waals surface area contributed by atoms with Crippen LogP contribution in [0.3, 0.4) is 0 Å². The van der Waals surface area contributed by atoms with E-state index >= 15 is 0 Å². The Bertz CT molecular complexity index is 485. The molecule has 0 atom stereocenters. The molecule has 0 spiro atoms. The van der Waals surface area contributed by atoms with Crippen molar-refractivity contribution >= 4 is 0 Å². The smallest absolute Gasteiger partial charge is 0.247 e. The lowest BCUT2D eigenvalue weighted by Crippen LogP contribution is -2.37. The zero-order valence-corrected chi connectivity index (χ0v) is 11.1. The molecule has 0 unspecified atom stereocenters. The van der Waals surface area contributed by atoms with Crippen molar-refractivity contribution in [1.29, 1.82) is 0 Å². The van der Waals surface area contributed by atoms with Crippen LogP contribution in [0.5, 0.6) is 0 Å². The number of hydrogen-bond donors (Lipinski definition) is 1. The number of hydrogen-bond acceptors (Lipinski definition) is 4. The van der Waals surface area contributed by atoms with Crippen molar-refractivity contribution in [3.8, 4) is 11.5 Å². The highest BCUT2D eigenvalue weighted by molar-refractivity contribution is 5.51. The molecule has 0 aliphatic carbocycles. The van der Waals surface area contributed by atoms with Crippen LogP contribution in [-0.2, 0) is 6.42 Å². The van der Waals surface area contributed by atoms with E-state index < -0.39 is 0 Å². The summed E-state index contributed by atoms with van der Waals surface area (Å²) in [7, 11) is 0. The van der Waals surface area contributed by atoms with Gasteiger partial charge in [-0.1, -0.05) is 18.2 Å². The summed E-state index contributed by atoms with van der Waals surface area (Å²) >= 11 is 0. The van der Waals surface area contributed by atoms with Gasteiger partial charge in [0.2, 0.25) is 11.8 Å². The van der Waals surface area contributed by atoms with Gasteiger partial charge in [-0.15, -0.1) is 10.2 Å². The van der Waals surface area contributed by atoms with Crippen LogP contribution in [0.15, 0.2) is 34.7 Å². The highest BCUT2D eigenvalue weighted by Crippen LogP contribution is 2.16.